The fraction of sp³-hybridized carbons (Fsp3) is 0.600. The Kier molecular flexibility index (Phi) is 8.16. The molecule has 0 aromatic rings. The molecule has 4 heteroatoms. The van der Waals surface area contributed by atoms with Gasteiger partial charge in [0.15, 0.2) is 0 Å². The zero-order valence-electron chi connectivity index (χ0n) is 9.45. The standard InChI is InChI=1S/C8H19N3O.C2H2/c1-8(2,12-4)7(5-6-9)11(3)10;1-2/h5H,6,9-10H2,1-4H3;1-2H/b7-5-;. The Hall–Kier alpha value is -1.02. The van der Waals surface area contributed by atoms with Crippen LogP contribution in [0.3, 0.4) is 0 Å². The summed E-state index contributed by atoms with van der Waals surface area (Å²) in [5.74, 6) is 5.61. The van der Waals surface area contributed by atoms with E-state index in [9.17, 15) is 0 Å². The van der Waals surface area contributed by atoms with Gasteiger partial charge in [0.25, 0.3) is 0 Å². The molecule has 0 atom stereocenters. The third-order valence-electron chi connectivity index (χ3n) is 1.82. The van der Waals surface area contributed by atoms with Crippen LogP contribution in [0.1, 0.15) is 13.8 Å². The molecule has 0 heterocycles. The van der Waals surface area contributed by atoms with Crippen LogP contribution < -0.4 is 11.6 Å². The summed E-state index contributed by atoms with van der Waals surface area (Å²) in [6.45, 7) is 4.35. The SMILES string of the molecule is C#C.COC(C)(C)/C(=C/CN)N(C)N. The molecule has 0 aliphatic rings. The van der Waals surface area contributed by atoms with E-state index < -0.39 is 0 Å². The first kappa shape index (κ1) is 15.5. The Labute approximate surface area is 86.9 Å². The van der Waals surface area contributed by atoms with Gasteiger partial charge in [-0.15, -0.1) is 12.8 Å². The van der Waals surface area contributed by atoms with E-state index in [2.05, 4.69) is 12.8 Å². The highest BCUT2D eigenvalue weighted by molar-refractivity contribution is 5.12. The van der Waals surface area contributed by atoms with Crippen LogP contribution in [0.4, 0.5) is 0 Å². The summed E-state index contributed by atoms with van der Waals surface area (Å²) < 4.78 is 5.27. The van der Waals surface area contributed by atoms with Crippen molar-refractivity contribution in [1.29, 1.82) is 0 Å². The minimum Gasteiger partial charge on any atom is -0.373 e. The number of ether oxygens (including phenoxy) is 1. The highest BCUT2D eigenvalue weighted by atomic mass is 16.5. The molecule has 0 aromatic heterocycles. The second kappa shape index (κ2) is 7.39. The molecule has 4 nitrogen and oxygen atoms in total. The Morgan fingerprint density at radius 1 is 1.50 bits per heavy atom. The quantitative estimate of drug-likeness (QED) is 0.388. The maximum Gasteiger partial charge on any atom is 0.103 e. The number of hydrogen-bond donors (Lipinski definition) is 2. The molecule has 0 amide bonds. The molecule has 0 saturated carbocycles. The van der Waals surface area contributed by atoms with Gasteiger partial charge in [0, 0.05) is 20.7 Å². The smallest absolute Gasteiger partial charge is 0.103 e. The van der Waals surface area contributed by atoms with Crippen molar-refractivity contribution >= 4 is 0 Å². The molecule has 0 aromatic carbocycles. The lowest BCUT2D eigenvalue weighted by atomic mass is 10.0. The Bertz CT molecular complexity index is 195. The largest absolute Gasteiger partial charge is 0.373 e. The first-order valence-electron chi connectivity index (χ1n) is 4.23. The van der Waals surface area contributed by atoms with E-state index in [0.717, 1.165) is 5.70 Å². The molecule has 0 rings (SSSR count). The third kappa shape index (κ3) is 4.87. The van der Waals surface area contributed by atoms with Crippen molar-refractivity contribution in [3.05, 3.63) is 11.8 Å². The normalized spacial score (nSPS) is 11.6. The van der Waals surface area contributed by atoms with E-state index in [1.54, 1.807) is 14.2 Å². The van der Waals surface area contributed by atoms with Crippen molar-refractivity contribution in [1.82, 2.24) is 5.01 Å². The van der Waals surface area contributed by atoms with Crippen molar-refractivity contribution in [3.8, 4) is 12.8 Å². The number of terminal acetylenes is 1. The highest BCUT2D eigenvalue weighted by Gasteiger charge is 2.23. The van der Waals surface area contributed by atoms with Gasteiger partial charge in [-0.25, -0.2) is 5.84 Å². The van der Waals surface area contributed by atoms with E-state index in [1.807, 2.05) is 19.9 Å². The van der Waals surface area contributed by atoms with E-state index in [4.69, 9.17) is 16.3 Å². The summed E-state index contributed by atoms with van der Waals surface area (Å²) in [7, 11) is 3.41. The van der Waals surface area contributed by atoms with Gasteiger partial charge < -0.3 is 15.5 Å². The fourth-order valence-corrected chi connectivity index (χ4v) is 1.03. The van der Waals surface area contributed by atoms with Crippen molar-refractivity contribution in [3.63, 3.8) is 0 Å². The minimum absolute atomic E-state index is 0.386. The third-order valence-corrected chi connectivity index (χ3v) is 1.82. The zero-order valence-corrected chi connectivity index (χ0v) is 9.45. The van der Waals surface area contributed by atoms with Gasteiger partial charge in [0.1, 0.15) is 5.60 Å². The van der Waals surface area contributed by atoms with Gasteiger partial charge in [-0.1, -0.05) is 0 Å². The van der Waals surface area contributed by atoms with Crippen LogP contribution in [0.25, 0.3) is 0 Å². The molecule has 0 aliphatic heterocycles. The molecule has 0 radical (unpaired) electrons. The van der Waals surface area contributed by atoms with E-state index in [-0.39, 0.29) is 5.60 Å². The summed E-state index contributed by atoms with van der Waals surface area (Å²) in [6.07, 6.45) is 9.85. The summed E-state index contributed by atoms with van der Waals surface area (Å²) >= 11 is 0. The Morgan fingerprint density at radius 3 is 2.14 bits per heavy atom. The second-order valence-corrected chi connectivity index (χ2v) is 3.15. The van der Waals surface area contributed by atoms with Crippen LogP contribution in [0.2, 0.25) is 0 Å². The minimum atomic E-state index is -0.386. The topological polar surface area (TPSA) is 64.5 Å². The number of hydrogen-bond acceptors (Lipinski definition) is 4. The van der Waals surface area contributed by atoms with Gasteiger partial charge in [-0.05, 0) is 19.9 Å². The van der Waals surface area contributed by atoms with Crippen LogP contribution >= 0.6 is 0 Å². The number of rotatable bonds is 4. The van der Waals surface area contributed by atoms with Crippen molar-refractivity contribution in [2.75, 3.05) is 20.7 Å². The Balaban J connectivity index is 0. The van der Waals surface area contributed by atoms with E-state index in [1.165, 1.54) is 5.01 Å². The lowest BCUT2D eigenvalue weighted by molar-refractivity contribution is 0.0325. The van der Waals surface area contributed by atoms with Gasteiger partial charge in [0.2, 0.25) is 0 Å². The molecule has 0 aliphatic carbocycles. The van der Waals surface area contributed by atoms with Crippen LogP contribution in [0.5, 0.6) is 0 Å². The predicted octanol–water partition coefficient (Wildman–Crippen LogP) is 0.309. The first-order chi connectivity index (χ1) is 6.45. The number of likely N-dealkylation sites (N-methyl/N-ethyl adjacent to an activating group) is 1. The molecule has 14 heavy (non-hydrogen) atoms. The highest BCUT2D eigenvalue weighted by Crippen LogP contribution is 2.19. The fourth-order valence-electron chi connectivity index (χ4n) is 1.03. The van der Waals surface area contributed by atoms with Gasteiger partial charge in [-0.3, -0.25) is 0 Å². The number of hydrazine groups is 1. The summed E-state index contributed by atoms with van der Waals surface area (Å²) in [5, 5.41) is 1.52. The van der Waals surface area contributed by atoms with Gasteiger partial charge >= 0.3 is 0 Å². The van der Waals surface area contributed by atoms with Crippen molar-refractivity contribution in [2.45, 2.75) is 19.4 Å². The van der Waals surface area contributed by atoms with E-state index >= 15 is 0 Å². The van der Waals surface area contributed by atoms with Crippen molar-refractivity contribution < 1.29 is 4.74 Å². The van der Waals surface area contributed by atoms with Crippen LogP contribution in [-0.2, 0) is 4.74 Å². The molecule has 0 saturated heterocycles. The second-order valence-electron chi connectivity index (χ2n) is 3.15. The van der Waals surface area contributed by atoms with Crippen LogP contribution in [-0.4, -0.2) is 31.3 Å². The molecule has 0 spiro atoms. The van der Waals surface area contributed by atoms with Crippen LogP contribution in [0, 0.1) is 12.8 Å². The molecular formula is C10H21N3O. The van der Waals surface area contributed by atoms with Crippen molar-refractivity contribution in [2.24, 2.45) is 11.6 Å². The zero-order chi connectivity index (χ0) is 11.8. The number of nitrogens with two attached hydrogens (primary N) is 2. The molecule has 82 valence electrons. The molecule has 0 bridgehead atoms. The molecule has 0 unspecified atom stereocenters. The van der Waals surface area contributed by atoms with Gasteiger partial charge in [-0.2, -0.15) is 0 Å². The summed E-state index contributed by atoms with van der Waals surface area (Å²) in [4.78, 5) is 0. The molecule has 0 fully saturated rings. The lowest BCUT2D eigenvalue weighted by Crippen LogP contribution is -2.39. The predicted molar refractivity (Wildman–Crippen MR) is 60.1 cm³/mol. The Morgan fingerprint density at radius 2 is 1.93 bits per heavy atom. The molecular weight excluding hydrogens is 178 g/mol. The first-order valence-corrected chi connectivity index (χ1v) is 4.23. The number of methoxy groups -OCH3 is 1. The average Bonchev–Trinajstić information content (AvgIpc) is 2.16. The lowest BCUT2D eigenvalue weighted by Gasteiger charge is -2.31. The average molecular weight is 199 g/mol. The summed E-state index contributed by atoms with van der Waals surface area (Å²) in [5.41, 5.74) is 5.90. The monoisotopic (exact) mass is 199 g/mol. The maximum absolute atomic E-state index is 5.61. The van der Waals surface area contributed by atoms with Crippen LogP contribution in [0.15, 0.2) is 11.8 Å². The van der Waals surface area contributed by atoms with E-state index in [0.29, 0.717) is 6.54 Å². The van der Waals surface area contributed by atoms with Gasteiger partial charge in [0.05, 0.1) is 5.70 Å². The maximum atomic E-state index is 5.61. The number of nitrogens with zero attached hydrogens (tertiary/aromatic N) is 1. The summed E-state index contributed by atoms with van der Waals surface area (Å²) in [6, 6.07) is 0. The molecule has 4 N–H and O–H groups in total.